The third kappa shape index (κ3) is 4.08. The van der Waals surface area contributed by atoms with E-state index in [0.29, 0.717) is 5.75 Å². The van der Waals surface area contributed by atoms with E-state index in [2.05, 4.69) is 0 Å². The maximum absolute atomic E-state index is 12.0. The number of rotatable bonds is 6. The molecule has 0 aliphatic rings. The molecule has 5 heteroatoms. The fraction of sp³-hybridized carbons (Fsp3) is 0.200. The van der Waals surface area contributed by atoms with Gasteiger partial charge >= 0.3 is 0 Å². The summed E-state index contributed by atoms with van der Waals surface area (Å²) in [6.45, 7) is -0.0594. The lowest BCUT2D eigenvalue weighted by atomic mass is 10.3. The molecule has 0 bridgehead atoms. The van der Waals surface area contributed by atoms with Gasteiger partial charge in [-0.2, -0.15) is 0 Å². The molecule has 1 N–H and O–H groups in total. The van der Waals surface area contributed by atoms with Crippen LogP contribution in [-0.4, -0.2) is 32.0 Å². The minimum Gasteiger partial charge on any atom is -0.491 e. The maximum Gasteiger partial charge on any atom is 0.181 e. The average Bonchev–Trinajstić information content (AvgIpc) is 2.47. The maximum atomic E-state index is 12.0. The molecule has 0 fully saturated rings. The van der Waals surface area contributed by atoms with Gasteiger partial charge in [0.05, 0.1) is 10.6 Å². The summed E-state index contributed by atoms with van der Waals surface area (Å²) in [4.78, 5) is 0.207. The highest BCUT2D eigenvalue weighted by atomic mass is 32.2. The zero-order valence-corrected chi connectivity index (χ0v) is 11.7. The van der Waals surface area contributed by atoms with Gasteiger partial charge in [0.25, 0.3) is 0 Å². The highest BCUT2D eigenvalue weighted by molar-refractivity contribution is 7.91. The van der Waals surface area contributed by atoms with Gasteiger partial charge in [0, 0.05) is 0 Å². The van der Waals surface area contributed by atoms with E-state index in [-0.39, 0.29) is 17.3 Å². The van der Waals surface area contributed by atoms with Crippen LogP contribution in [-0.2, 0) is 9.84 Å². The van der Waals surface area contributed by atoms with Gasteiger partial charge in [-0.3, -0.25) is 0 Å². The van der Waals surface area contributed by atoms with Crippen LogP contribution in [0.1, 0.15) is 0 Å². The van der Waals surface area contributed by atoms with Crippen LogP contribution in [0.4, 0.5) is 0 Å². The molecule has 0 saturated carbocycles. The molecular weight excluding hydrogens is 276 g/mol. The number of aliphatic hydroxyl groups is 1. The summed E-state index contributed by atoms with van der Waals surface area (Å²) in [7, 11) is -3.49. The lowest BCUT2D eigenvalue weighted by Gasteiger charge is -2.12. The summed E-state index contributed by atoms with van der Waals surface area (Å²) in [6, 6.07) is 17.0. The average molecular weight is 292 g/mol. The smallest absolute Gasteiger partial charge is 0.181 e. The zero-order chi connectivity index (χ0) is 14.4. The molecule has 4 nitrogen and oxygen atoms in total. The van der Waals surface area contributed by atoms with Crippen LogP contribution in [0.25, 0.3) is 0 Å². The summed E-state index contributed by atoms with van der Waals surface area (Å²) in [5.41, 5.74) is 0. The van der Waals surface area contributed by atoms with Crippen LogP contribution in [0.3, 0.4) is 0 Å². The molecule has 0 amide bonds. The number of aliphatic hydroxyl groups excluding tert-OH is 1. The summed E-state index contributed by atoms with van der Waals surface area (Å²) in [6.07, 6.45) is -1.07. The number of hydrogen-bond donors (Lipinski definition) is 1. The van der Waals surface area contributed by atoms with Crippen LogP contribution in [0.15, 0.2) is 65.6 Å². The normalized spacial score (nSPS) is 12.8. The third-order valence-corrected chi connectivity index (χ3v) is 4.51. The van der Waals surface area contributed by atoms with Gasteiger partial charge in [0.1, 0.15) is 18.5 Å². The molecule has 0 saturated heterocycles. The first kappa shape index (κ1) is 14.6. The summed E-state index contributed by atoms with van der Waals surface area (Å²) in [5.74, 6) is 0.243. The lowest BCUT2D eigenvalue weighted by Crippen LogP contribution is -2.27. The van der Waals surface area contributed by atoms with Crippen molar-refractivity contribution in [2.45, 2.75) is 11.0 Å². The molecule has 0 aliphatic carbocycles. The van der Waals surface area contributed by atoms with Gasteiger partial charge in [0.2, 0.25) is 0 Å². The number of ether oxygens (including phenoxy) is 1. The molecule has 0 aliphatic heterocycles. The molecule has 20 heavy (non-hydrogen) atoms. The molecule has 0 heterocycles. The van der Waals surface area contributed by atoms with Crippen LogP contribution in [0.2, 0.25) is 0 Å². The Morgan fingerprint density at radius 3 is 2.10 bits per heavy atom. The van der Waals surface area contributed by atoms with E-state index in [4.69, 9.17) is 4.74 Å². The number of sulfone groups is 1. The van der Waals surface area contributed by atoms with Crippen LogP contribution < -0.4 is 4.74 Å². The number of benzene rings is 2. The quantitative estimate of drug-likeness (QED) is 0.883. The van der Waals surface area contributed by atoms with E-state index in [1.54, 1.807) is 30.3 Å². The summed E-state index contributed by atoms with van der Waals surface area (Å²) < 4.78 is 29.4. The van der Waals surface area contributed by atoms with E-state index in [0.717, 1.165) is 0 Å². The van der Waals surface area contributed by atoms with Crippen molar-refractivity contribution < 1.29 is 18.3 Å². The topological polar surface area (TPSA) is 63.6 Å². The Labute approximate surface area is 118 Å². The minimum atomic E-state index is -3.49. The lowest BCUT2D eigenvalue weighted by molar-refractivity contribution is 0.125. The van der Waals surface area contributed by atoms with Crippen molar-refractivity contribution in [2.75, 3.05) is 12.4 Å². The van der Waals surface area contributed by atoms with Crippen LogP contribution in [0, 0.1) is 0 Å². The van der Waals surface area contributed by atoms with Gasteiger partial charge in [0.15, 0.2) is 9.84 Å². The zero-order valence-electron chi connectivity index (χ0n) is 10.8. The molecule has 2 aromatic rings. The molecule has 0 aromatic heterocycles. The number of para-hydroxylation sites is 1. The predicted octanol–water partition coefficient (Wildman–Crippen LogP) is 1.90. The Balaban J connectivity index is 1.93. The Hall–Kier alpha value is -1.85. The fourth-order valence-electron chi connectivity index (χ4n) is 1.73. The van der Waals surface area contributed by atoms with Gasteiger partial charge in [-0.05, 0) is 24.3 Å². The Morgan fingerprint density at radius 1 is 0.950 bits per heavy atom. The molecule has 106 valence electrons. The molecular formula is C15H16O4S. The molecule has 1 unspecified atom stereocenters. The van der Waals surface area contributed by atoms with Crippen molar-refractivity contribution in [3.05, 3.63) is 60.7 Å². The first-order valence-electron chi connectivity index (χ1n) is 6.21. The Bertz CT molecular complexity index is 623. The monoisotopic (exact) mass is 292 g/mol. The Kier molecular flexibility index (Phi) is 4.76. The van der Waals surface area contributed by atoms with Gasteiger partial charge < -0.3 is 9.84 Å². The molecule has 0 spiro atoms. The first-order valence-corrected chi connectivity index (χ1v) is 7.87. The van der Waals surface area contributed by atoms with E-state index in [1.165, 1.54) is 12.1 Å². The number of hydrogen-bond acceptors (Lipinski definition) is 4. The fourth-order valence-corrected chi connectivity index (χ4v) is 3.10. The third-order valence-electron chi connectivity index (χ3n) is 2.70. The van der Waals surface area contributed by atoms with Crippen LogP contribution in [0.5, 0.6) is 5.75 Å². The van der Waals surface area contributed by atoms with E-state index in [9.17, 15) is 13.5 Å². The largest absolute Gasteiger partial charge is 0.491 e. The van der Waals surface area contributed by atoms with Crippen molar-refractivity contribution in [1.29, 1.82) is 0 Å². The van der Waals surface area contributed by atoms with Crippen LogP contribution >= 0.6 is 0 Å². The second kappa shape index (κ2) is 6.54. The van der Waals surface area contributed by atoms with Crippen molar-refractivity contribution in [3.63, 3.8) is 0 Å². The van der Waals surface area contributed by atoms with Gasteiger partial charge in [-0.1, -0.05) is 36.4 Å². The molecule has 0 radical (unpaired) electrons. The van der Waals surface area contributed by atoms with Gasteiger partial charge in [-0.15, -0.1) is 0 Å². The standard InChI is InChI=1S/C15H16O4S/c16-13(11-19-14-7-3-1-4-8-14)12-20(17,18)15-9-5-2-6-10-15/h1-10,13,16H,11-12H2. The second-order valence-corrected chi connectivity index (χ2v) is 6.41. The highest BCUT2D eigenvalue weighted by Crippen LogP contribution is 2.13. The van der Waals surface area contributed by atoms with E-state index >= 15 is 0 Å². The first-order chi connectivity index (χ1) is 9.58. The van der Waals surface area contributed by atoms with Crippen molar-refractivity contribution in [3.8, 4) is 5.75 Å². The van der Waals surface area contributed by atoms with Crippen molar-refractivity contribution in [1.82, 2.24) is 0 Å². The second-order valence-electron chi connectivity index (χ2n) is 4.37. The molecule has 2 aromatic carbocycles. The molecule has 2 rings (SSSR count). The van der Waals surface area contributed by atoms with Gasteiger partial charge in [-0.25, -0.2) is 8.42 Å². The predicted molar refractivity (Wildman–Crippen MR) is 76.4 cm³/mol. The highest BCUT2D eigenvalue weighted by Gasteiger charge is 2.19. The Morgan fingerprint density at radius 2 is 1.50 bits per heavy atom. The SMILES string of the molecule is O=S(=O)(CC(O)COc1ccccc1)c1ccccc1. The summed E-state index contributed by atoms with van der Waals surface area (Å²) >= 11 is 0. The minimum absolute atomic E-state index is 0.0594. The van der Waals surface area contributed by atoms with Crippen molar-refractivity contribution >= 4 is 9.84 Å². The van der Waals surface area contributed by atoms with E-state index in [1.807, 2.05) is 18.2 Å². The van der Waals surface area contributed by atoms with Crippen molar-refractivity contribution in [2.24, 2.45) is 0 Å². The van der Waals surface area contributed by atoms with E-state index < -0.39 is 15.9 Å². The summed E-state index contributed by atoms with van der Waals surface area (Å²) in [5, 5.41) is 9.80. The molecule has 1 atom stereocenters.